The van der Waals surface area contributed by atoms with Gasteiger partial charge in [0.1, 0.15) is 11.6 Å². The number of anilines is 1. The van der Waals surface area contributed by atoms with Crippen LogP contribution in [-0.4, -0.2) is 36.3 Å². The van der Waals surface area contributed by atoms with Crippen LogP contribution in [0.2, 0.25) is 0 Å². The van der Waals surface area contributed by atoms with Gasteiger partial charge in [0, 0.05) is 32.2 Å². The average molecular weight is 249 g/mol. The summed E-state index contributed by atoms with van der Waals surface area (Å²) in [6, 6.07) is 1.57. The predicted molar refractivity (Wildman–Crippen MR) is 69.1 cm³/mol. The molecule has 1 unspecified atom stereocenters. The third kappa shape index (κ3) is 2.56. The summed E-state index contributed by atoms with van der Waals surface area (Å²) in [5.41, 5.74) is -0.0545. The van der Waals surface area contributed by atoms with E-state index in [-0.39, 0.29) is 11.7 Å². The van der Waals surface area contributed by atoms with E-state index >= 15 is 0 Å². The molecule has 98 valence electrons. The van der Waals surface area contributed by atoms with Crippen LogP contribution < -0.4 is 10.5 Å². The Morgan fingerprint density at radius 1 is 1.50 bits per heavy atom. The first kappa shape index (κ1) is 11.7. The van der Waals surface area contributed by atoms with Crippen molar-refractivity contribution in [1.82, 2.24) is 9.97 Å². The van der Waals surface area contributed by atoms with Crippen molar-refractivity contribution in [3.05, 3.63) is 22.2 Å². The molecule has 1 N–H and O–H groups in total. The van der Waals surface area contributed by atoms with Crippen LogP contribution in [0.5, 0.6) is 0 Å². The molecule has 1 aromatic rings. The van der Waals surface area contributed by atoms with Crippen LogP contribution in [-0.2, 0) is 4.74 Å². The van der Waals surface area contributed by atoms with Crippen molar-refractivity contribution in [2.45, 2.75) is 37.7 Å². The molecule has 5 heteroatoms. The molecular weight excluding hydrogens is 230 g/mol. The van der Waals surface area contributed by atoms with Crippen LogP contribution in [0.25, 0.3) is 0 Å². The zero-order valence-corrected chi connectivity index (χ0v) is 10.7. The molecule has 0 bridgehead atoms. The van der Waals surface area contributed by atoms with E-state index in [1.165, 1.54) is 0 Å². The van der Waals surface area contributed by atoms with Gasteiger partial charge >= 0.3 is 0 Å². The lowest BCUT2D eigenvalue weighted by atomic mass is 10.2. The fourth-order valence-electron chi connectivity index (χ4n) is 2.40. The molecule has 0 aromatic carbocycles. The third-order valence-corrected chi connectivity index (χ3v) is 3.60. The molecule has 5 nitrogen and oxygen atoms in total. The molecule has 0 spiro atoms. The van der Waals surface area contributed by atoms with E-state index in [4.69, 9.17) is 4.74 Å². The summed E-state index contributed by atoms with van der Waals surface area (Å²) in [6.07, 6.45) is 4.79. The number of nitrogens with zero attached hydrogens (tertiary/aromatic N) is 2. The van der Waals surface area contributed by atoms with E-state index in [0.717, 1.165) is 50.5 Å². The number of likely N-dealkylation sites (N-methyl/N-ethyl adjacent to an activating group) is 1. The quantitative estimate of drug-likeness (QED) is 0.873. The van der Waals surface area contributed by atoms with E-state index in [9.17, 15) is 4.79 Å². The van der Waals surface area contributed by atoms with Crippen LogP contribution in [0.3, 0.4) is 0 Å². The largest absolute Gasteiger partial charge is 0.376 e. The van der Waals surface area contributed by atoms with Crippen molar-refractivity contribution in [2.75, 3.05) is 25.1 Å². The minimum Gasteiger partial charge on any atom is -0.376 e. The van der Waals surface area contributed by atoms with Gasteiger partial charge in [0.25, 0.3) is 5.56 Å². The van der Waals surface area contributed by atoms with Crippen molar-refractivity contribution >= 4 is 5.82 Å². The Bertz CT molecular complexity index is 475. The molecule has 0 radical (unpaired) electrons. The topological polar surface area (TPSA) is 58.2 Å². The van der Waals surface area contributed by atoms with Crippen LogP contribution in [0, 0.1) is 0 Å². The van der Waals surface area contributed by atoms with Gasteiger partial charge in [-0.25, -0.2) is 4.98 Å². The Kier molecular flexibility index (Phi) is 3.07. The summed E-state index contributed by atoms with van der Waals surface area (Å²) in [5, 5.41) is 0. The van der Waals surface area contributed by atoms with Crippen molar-refractivity contribution < 1.29 is 4.74 Å². The molecule has 2 fully saturated rings. The van der Waals surface area contributed by atoms with Crippen molar-refractivity contribution in [3.63, 3.8) is 0 Å². The standard InChI is InChI=1S/C13H19N3O2/c1-16(8-10-3-2-6-18-10)11-7-12(17)15-13(14-11)9-4-5-9/h7,9-10H,2-6,8H2,1H3,(H,14,15,17). The third-order valence-electron chi connectivity index (χ3n) is 3.60. The Labute approximate surface area is 106 Å². The normalized spacial score (nSPS) is 23.3. The lowest BCUT2D eigenvalue weighted by Gasteiger charge is -2.21. The van der Waals surface area contributed by atoms with Crippen molar-refractivity contribution in [1.29, 1.82) is 0 Å². The highest BCUT2D eigenvalue weighted by molar-refractivity contribution is 5.37. The molecule has 3 rings (SSSR count). The lowest BCUT2D eigenvalue weighted by Crippen LogP contribution is -2.30. The first-order chi connectivity index (χ1) is 8.72. The van der Waals surface area contributed by atoms with Crippen molar-refractivity contribution in [3.8, 4) is 0 Å². The summed E-state index contributed by atoms with van der Waals surface area (Å²) in [6.45, 7) is 1.66. The Hall–Kier alpha value is -1.36. The zero-order valence-electron chi connectivity index (χ0n) is 10.7. The number of aromatic nitrogens is 2. The number of hydrogen-bond donors (Lipinski definition) is 1. The van der Waals surface area contributed by atoms with Gasteiger partial charge in [-0.05, 0) is 25.7 Å². The number of hydrogen-bond acceptors (Lipinski definition) is 4. The van der Waals surface area contributed by atoms with E-state index in [2.05, 4.69) is 9.97 Å². The lowest BCUT2D eigenvalue weighted by molar-refractivity contribution is 0.116. The van der Waals surface area contributed by atoms with Gasteiger partial charge in [0.05, 0.1) is 6.10 Å². The number of rotatable bonds is 4. The molecule has 1 saturated heterocycles. The summed E-state index contributed by atoms with van der Waals surface area (Å²) >= 11 is 0. The number of nitrogens with one attached hydrogen (secondary N) is 1. The second kappa shape index (κ2) is 4.72. The minimum atomic E-state index is -0.0545. The number of H-pyrrole nitrogens is 1. The van der Waals surface area contributed by atoms with Gasteiger partial charge < -0.3 is 14.6 Å². The van der Waals surface area contributed by atoms with Gasteiger partial charge in [-0.2, -0.15) is 0 Å². The van der Waals surface area contributed by atoms with Gasteiger partial charge in [0.2, 0.25) is 0 Å². The molecule has 18 heavy (non-hydrogen) atoms. The van der Waals surface area contributed by atoms with E-state index in [1.807, 2.05) is 11.9 Å². The summed E-state index contributed by atoms with van der Waals surface area (Å²) < 4.78 is 5.61. The first-order valence-electron chi connectivity index (χ1n) is 6.66. The fourth-order valence-corrected chi connectivity index (χ4v) is 2.40. The Balaban J connectivity index is 1.75. The maximum atomic E-state index is 11.6. The summed E-state index contributed by atoms with van der Waals surface area (Å²) in [5.74, 6) is 2.07. The van der Waals surface area contributed by atoms with Crippen LogP contribution >= 0.6 is 0 Å². The van der Waals surface area contributed by atoms with Crippen LogP contribution in [0.15, 0.2) is 10.9 Å². The molecule has 1 atom stereocenters. The molecule has 0 amide bonds. The van der Waals surface area contributed by atoms with Crippen LogP contribution in [0.1, 0.15) is 37.4 Å². The van der Waals surface area contributed by atoms with E-state index in [1.54, 1.807) is 6.07 Å². The monoisotopic (exact) mass is 249 g/mol. The zero-order chi connectivity index (χ0) is 12.5. The molecule has 1 aromatic heterocycles. The molecular formula is C13H19N3O2. The smallest absolute Gasteiger partial charge is 0.252 e. The SMILES string of the molecule is CN(CC1CCCO1)c1cc(=O)[nH]c(C2CC2)n1. The Morgan fingerprint density at radius 2 is 2.33 bits per heavy atom. The highest BCUT2D eigenvalue weighted by atomic mass is 16.5. The fraction of sp³-hybridized carbons (Fsp3) is 0.692. The molecule has 2 aliphatic rings. The second-order valence-corrected chi connectivity index (χ2v) is 5.28. The van der Waals surface area contributed by atoms with Crippen LogP contribution in [0.4, 0.5) is 5.82 Å². The molecule has 2 heterocycles. The summed E-state index contributed by atoms with van der Waals surface area (Å²) in [4.78, 5) is 21.0. The van der Waals surface area contributed by atoms with Gasteiger partial charge in [-0.3, -0.25) is 4.79 Å². The van der Waals surface area contributed by atoms with Gasteiger partial charge in [-0.1, -0.05) is 0 Å². The predicted octanol–water partition coefficient (Wildman–Crippen LogP) is 1.26. The maximum Gasteiger partial charge on any atom is 0.252 e. The molecule has 1 saturated carbocycles. The van der Waals surface area contributed by atoms with Crippen molar-refractivity contribution in [2.24, 2.45) is 0 Å². The van der Waals surface area contributed by atoms with E-state index in [0.29, 0.717) is 5.92 Å². The first-order valence-corrected chi connectivity index (χ1v) is 6.66. The maximum absolute atomic E-state index is 11.6. The van der Waals surface area contributed by atoms with Gasteiger partial charge in [-0.15, -0.1) is 0 Å². The summed E-state index contributed by atoms with van der Waals surface area (Å²) in [7, 11) is 1.97. The molecule has 1 aliphatic carbocycles. The average Bonchev–Trinajstić information content (AvgIpc) is 3.08. The number of ether oxygens (including phenoxy) is 1. The Morgan fingerprint density at radius 3 is 3.00 bits per heavy atom. The highest BCUT2D eigenvalue weighted by Crippen LogP contribution is 2.37. The minimum absolute atomic E-state index is 0.0545. The number of aromatic amines is 1. The highest BCUT2D eigenvalue weighted by Gasteiger charge is 2.27. The van der Waals surface area contributed by atoms with E-state index < -0.39 is 0 Å². The van der Waals surface area contributed by atoms with Gasteiger partial charge in [0.15, 0.2) is 0 Å². The second-order valence-electron chi connectivity index (χ2n) is 5.28. The molecule has 1 aliphatic heterocycles.